The van der Waals surface area contributed by atoms with Gasteiger partial charge in [-0.1, -0.05) is 30.3 Å². The molecule has 1 aromatic rings. The molecule has 0 aromatic heterocycles. The van der Waals surface area contributed by atoms with Crippen LogP contribution >= 0.6 is 0 Å². The molecule has 0 spiro atoms. The van der Waals surface area contributed by atoms with Gasteiger partial charge in [-0.15, -0.1) is 0 Å². The second-order valence-electron chi connectivity index (χ2n) is 3.64. The zero-order valence-electron chi connectivity index (χ0n) is 8.73. The van der Waals surface area contributed by atoms with Crippen molar-refractivity contribution in [2.24, 2.45) is 5.73 Å². The van der Waals surface area contributed by atoms with Crippen LogP contribution < -0.4 is 27.4 Å². The number of hydrogen-bond donors (Lipinski definition) is 5. The van der Waals surface area contributed by atoms with Crippen LogP contribution in [0, 0.1) is 0 Å². The highest BCUT2D eigenvalue weighted by molar-refractivity contribution is 5.80. The number of hydrogen-bond acceptors (Lipinski definition) is 5. The van der Waals surface area contributed by atoms with Crippen LogP contribution in [0.15, 0.2) is 30.3 Å². The molecule has 1 amide bonds. The Kier molecular flexibility index (Phi) is 3.47. The Morgan fingerprint density at radius 1 is 1.31 bits per heavy atom. The van der Waals surface area contributed by atoms with Gasteiger partial charge in [-0.05, 0) is 5.56 Å². The van der Waals surface area contributed by atoms with Crippen LogP contribution in [0.5, 0.6) is 0 Å². The van der Waals surface area contributed by atoms with Gasteiger partial charge in [0.2, 0.25) is 5.91 Å². The summed E-state index contributed by atoms with van der Waals surface area (Å²) in [5.74, 6) is -0.400. The molecule has 0 aliphatic carbocycles. The molecular weight excluding hydrogens is 206 g/mol. The summed E-state index contributed by atoms with van der Waals surface area (Å²) in [7, 11) is 0. The molecule has 2 atom stereocenters. The maximum Gasteiger partial charge on any atom is 0.239 e. The second kappa shape index (κ2) is 5.04. The number of nitrogens with one attached hydrogen (secondary N) is 4. The third-order valence-corrected chi connectivity index (χ3v) is 2.46. The molecule has 1 aliphatic rings. The van der Waals surface area contributed by atoms with E-state index in [0.717, 1.165) is 5.56 Å². The van der Waals surface area contributed by atoms with Crippen molar-refractivity contribution in [3.8, 4) is 0 Å². The maximum absolute atomic E-state index is 11.1. The summed E-state index contributed by atoms with van der Waals surface area (Å²) in [6, 6.07) is 9.49. The fourth-order valence-electron chi connectivity index (χ4n) is 1.59. The minimum absolute atomic E-state index is 0.210. The normalized spacial score (nSPS) is 24.5. The van der Waals surface area contributed by atoms with Crippen LogP contribution in [0.1, 0.15) is 5.56 Å². The lowest BCUT2D eigenvalue weighted by Crippen LogP contribution is -2.51. The lowest BCUT2D eigenvalue weighted by atomic mass is 10.2. The summed E-state index contributed by atoms with van der Waals surface area (Å²) in [6.45, 7) is 0.672. The van der Waals surface area contributed by atoms with Gasteiger partial charge in [0.05, 0.1) is 6.17 Å². The van der Waals surface area contributed by atoms with Crippen LogP contribution in [-0.4, -0.2) is 18.1 Å². The third kappa shape index (κ3) is 2.56. The van der Waals surface area contributed by atoms with Crippen LogP contribution in [-0.2, 0) is 11.3 Å². The van der Waals surface area contributed by atoms with Crippen molar-refractivity contribution in [1.82, 2.24) is 21.7 Å². The molecule has 6 heteroatoms. The summed E-state index contributed by atoms with van der Waals surface area (Å²) in [6.07, 6.45) is -0.210. The average Bonchev–Trinajstić information content (AvgIpc) is 2.76. The fraction of sp³-hybridized carbons (Fsp3) is 0.300. The standard InChI is InChI=1S/C10H15N5O/c11-9(16)8-10(14-15-13-8)12-6-7-4-2-1-3-5-7/h1-5,8,10,12-15H,6H2,(H2,11,16). The Bertz CT molecular complexity index is 355. The quantitative estimate of drug-likeness (QED) is 0.430. The molecule has 1 heterocycles. The van der Waals surface area contributed by atoms with Crippen LogP contribution in [0.3, 0.4) is 0 Å². The van der Waals surface area contributed by atoms with Crippen molar-refractivity contribution in [2.45, 2.75) is 18.8 Å². The molecule has 0 saturated carbocycles. The number of amides is 1. The van der Waals surface area contributed by atoms with E-state index in [0.29, 0.717) is 6.54 Å². The third-order valence-electron chi connectivity index (χ3n) is 2.46. The molecular formula is C10H15N5O. The van der Waals surface area contributed by atoms with E-state index in [4.69, 9.17) is 5.73 Å². The van der Waals surface area contributed by atoms with Crippen molar-refractivity contribution in [3.05, 3.63) is 35.9 Å². The second-order valence-corrected chi connectivity index (χ2v) is 3.64. The number of benzene rings is 1. The molecule has 1 aromatic carbocycles. The molecule has 2 unspecified atom stereocenters. The zero-order chi connectivity index (χ0) is 11.4. The average molecular weight is 221 g/mol. The van der Waals surface area contributed by atoms with Gasteiger partial charge >= 0.3 is 0 Å². The fourth-order valence-corrected chi connectivity index (χ4v) is 1.59. The molecule has 16 heavy (non-hydrogen) atoms. The van der Waals surface area contributed by atoms with E-state index < -0.39 is 11.9 Å². The lowest BCUT2D eigenvalue weighted by molar-refractivity contribution is -0.120. The summed E-state index contributed by atoms with van der Waals surface area (Å²) in [4.78, 5) is 11.1. The minimum atomic E-state index is -0.455. The van der Waals surface area contributed by atoms with E-state index in [-0.39, 0.29) is 6.17 Å². The number of primary amides is 1. The van der Waals surface area contributed by atoms with Gasteiger partial charge in [0.15, 0.2) is 0 Å². The van der Waals surface area contributed by atoms with E-state index in [1.54, 1.807) is 0 Å². The Morgan fingerprint density at radius 2 is 2.06 bits per heavy atom. The van der Waals surface area contributed by atoms with Crippen molar-refractivity contribution >= 4 is 5.91 Å². The molecule has 1 fully saturated rings. The highest BCUT2D eigenvalue weighted by Gasteiger charge is 2.30. The van der Waals surface area contributed by atoms with E-state index in [1.807, 2.05) is 30.3 Å². The Hall–Kier alpha value is -1.47. The molecule has 6 N–H and O–H groups in total. The zero-order valence-corrected chi connectivity index (χ0v) is 8.73. The van der Waals surface area contributed by atoms with Gasteiger partial charge in [-0.25, -0.2) is 10.9 Å². The SMILES string of the molecule is NC(=O)C1NNNC1NCc1ccccc1. The first-order chi connectivity index (χ1) is 7.77. The minimum Gasteiger partial charge on any atom is -0.368 e. The molecule has 1 saturated heterocycles. The van der Waals surface area contributed by atoms with E-state index in [1.165, 1.54) is 0 Å². The predicted molar refractivity (Wildman–Crippen MR) is 59.5 cm³/mol. The highest BCUT2D eigenvalue weighted by Crippen LogP contribution is 2.00. The summed E-state index contributed by atoms with van der Waals surface area (Å²) in [5.41, 5.74) is 14.7. The monoisotopic (exact) mass is 221 g/mol. The first kappa shape index (κ1) is 11.0. The van der Waals surface area contributed by atoms with Crippen LogP contribution in [0.4, 0.5) is 0 Å². The molecule has 6 nitrogen and oxygen atoms in total. The maximum atomic E-state index is 11.1. The molecule has 2 rings (SSSR count). The predicted octanol–water partition coefficient (Wildman–Crippen LogP) is -1.43. The first-order valence-electron chi connectivity index (χ1n) is 5.10. The lowest BCUT2D eigenvalue weighted by Gasteiger charge is -2.16. The largest absolute Gasteiger partial charge is 0.368 e. The number of carbonyl (C=O) groups is 1. The molecule has 0 radical (unpaired) electrons. The van der Waals surface area contributed by atoms with Gasteiger partial charge < -0.3 is 5.73 Å². The topological polar surface area (TPSA) is 91.2 Å². The van der Waals surface area contributed by atoms with Gasteiger partial charge in [-0.2, -0.15) is 5.53 Å². The molecule has 1 aliphatic heterocycles. The first-order valence-corrected chi connectivity index (χ1v) is 5.10. The van der Waals surface area contributed by atoms with Gasteiger partial charge in [0, 0.05) is 6.54 Å². The number of nitrogens with two attached hydrogens (primary N) is 1. The van der Waals surface area contributed by atoms with Crippen molar-refractivity contribution in [1.29, 1.82) is 0 Å². The smallest absolute Gasteiger partial charge is 0.239 e. The van der Waals surface area contributed by atoms with Crippen molar-refractivity contribution in [2.75, 3.05) is 0 Å². The number of hydrazine groups is 2. The summed E-state index contributed by atoms with van der Waals surface area (Å²) >= 11 is 0. The van der Waals surface area contributed by atoms with Gasteiger partial charge in [0.25, 0.3) is 0 Å². The Balaban J connectivity index is 1.88. The van der Waals surface area contributed by atoms with Gasteiger partial charge in [0.1, 0.15) is 6.04 Å². The number of carbonyl (C=O) groups excluding carboxylic acids is 1. The van der Waals surface area contributed by atoms with E-state index in [9.17, 15) is 4.79 Å². The summed E-state index contributed by atoms with van der Waals surface area (Å²) in [5, 5.41) is 3.19. The molecule has 86 valence electrons. The van der Waals surface area contributed by atoms with Crippen LogP contribution in [0.2, 0.25) is 0 Å². The Morgan fingerprint density at radius 3 is 2.75 bits per heavy atom. The van der Waals surface area contributed by atoms with Crippen molar-refractivity contribution < 1.29 is 4.79 Å². The Labute approximate surface area is 93.5 Å². The van der Waals surface area contributed by atoms with Gasteiger partial charge in [-0.3, -0.25) is 10.1 Å². The summed E-state index contributed by atoms with van der Waals surface area (Å²) < 4.78 is 0. The van der Waals surface area contributed by atoms with Crippen LogP contribution in [0.25, 0.3) is 0 Å². The van der Waals surface area contributed by atoms with Crippen molar-refractivity contribution in [3.63, 3.8) is 0 Å². The number of rotatable bonds is 4. The van der Waals surface area contributed by atoms with E-state index in [2.05, 4.69) is 21.7 Å². The highest BCUT2D eigenvalue weighted by atomic mass is 16.1. The van der Waals surface area contributed by atoms with E-state index >= 15 is 0 Å². The molecule has 0 bridgehead atoms.